The predicted octanol–water partition coefficient (Wildman–Crippen LogP) is 2.69. The lowest BCUT2D eigenvalue weighted by atomic mass is 10.6. The van der Waals surface area contributed by atoms with Crippen LogP contribution in [0.25, 0.3) is 5.65 Å². The highest BCUT2D eigenvalue weighted by Gasteiger charge is 2.10. The number of rotatable bonds is 3. The molecule has 0 fully saturated rings. The quantitative estimate of drug-likeness (QED) is 0.797. The fourth-order valence-corrected chi connectivity index (χ4v) is 3.40. The minimum absolute atomic E-state index is 0.816. The molecule has 3 aromatic heterocycles. The van der Waals surface area contributed by atoms with Crippen LogP contribution in [-0.2, 0) is 0 Å². The molecule has 0 unspecified atom stereocenters. The molecule has 0 aliphatic carbocycles. The minimum Gasteiger partial charge on any atom is -0.372 e. The molecule has 5 nitrogen and oxygen atoms in total. The maximum absolute atomic E-state index is 4.53. The van der Waals surface area contributed by atoms with Gasteiger partial charge in [0.05, 0.1) is 6.20 Å². The molecule has 0 amide bonds. The number of imidazole rings is 1. The molecule has 0 saturated carbocycles. The zero-order chi connectivity index (χ0) is 12.5. The Morgan fingerprint density at radius 2 is 2.28 bits per heavy atom. The van der Waals surface area contributed by atoms with Gasteiger partial charge in [-0.05, 0) is 18.7 Å². The molecular weight excluding hydrogens is 266 g/mol. The fraction of sp³-hybridized carbons (Fsp3) is 0.182. The van der Waals surface area contributed by atoms with Crippen molar-refractivity contribution in [3.05, 3.63) is 29.7 Å². The van der Waals surface area contributed by atoms with E-state index < -0.39 is 0 Å². The van der Waals surface area contributed by atoms with E-state index in [2.05, 4.69) is 20.3 Å². The van der Waals surface area contributed by atoms with Crippen LogP contribution in [-0.4, -0.2) is 26.4 Å². The van der Waals surface area contributed by atoms with Crippen LogP contribution >= 0.6 is 23.1 Å². The maximum atomic E-state index is 4.53. The molecule has 0 aliphatic heterocycles. The molecule has 3 heterocycles. The average molecular weight is 277 g/mol. The molecule has 0 aliphatic rings. The fourth-order valence-electron chi connectivity index (χ4n) is 1.55. The third-order valence-electron chi connectivity index (χ3n) is 2.38. The van der Waals surface area contributed by atoms with E-state index >= 15 is 0 Å². The summed E-state index contributed by atoms with van der Waals surface area (Å²) in [7, 11) is 1.85. The van der Waals surface area contributed by atoms with Crippen LogP contribution in [0.3, 0.4) is 0 Å². The Labute approximate surface area is 112 Å². The highest BCUT2D eigenvalue weighted by molar-refractivity contribution is 8.01. The molecule has 0 aromatic carbocycles. The van der Waals surface area contributed by atoms with Gasteiger partial charge in [-0.3, -0.25) is 0 Å². The molecule has 92 valence electrons. The first-order valence-electron chi connectivity index (χ1n) is 5.37. The summed E-state index contributed by atoms with van der Waals surface area (Å²) < 4.78 is 2.94. The normalized spacial score (nSPS) is 11.0. The van der Waals surface area contributed by atoms with E-state index in [4.69, 9.17) is 0 Å². The van der Waals surface area contributed by atoms with E-state index in [1.54, 1.807) is 29.3 Å². The molecule has 7 heteroatoms. The highest BCUT2D eigenvalue weighted by Crippen LogP contribution is 2.31. The van der Waals surface area contributed by atoms with Gasteiger partial charge in [0.15, 0.2) is 9.99 Å². The number of thiazole rings is 1. The van der Waals surface area contributed by atoms with Crippen molar-refractivity contribution in [3.63, 3.8) is 0 Å². The van der Waals surface area contributed by atoms with Gasteiger partial charge in [-0.25, -0.2) is 15.0 Å². The first kappa shape index (κ1) is 11.5. The van der Waals surface area contributed by atoms with Gasteiger partial charge in [0, 0.05) is 30.5 Å². The lowest BCUT2D eigenvalue weighted by molar-refractivity contribution is 1.03. The van der Waals surface area contributed by atoms with E-state index in [0.717, 1.165) is 26.5 Å². The zero-order valence-corrected chi connectivity index (χ0v) is 11.5. The van der Waals surface area contributed by atoms with Crippen molar-refractivity contribution in [2.45, 2.75) is 16.3 Å². The van der Waals surface area contributed by atoms with Crippen LogP contribution in [0.5, 0.6) is 0 Å². The van der Waals surface area contributed by atoms with Gasteiger partial charge >= 0.3 is 0 Å². The van der Waals surface area contributed by atoms with Crippen LogP contribution in [0.4, 0.5) is 5.82 Å². The lowest BCUT2D eigenvalue weighted by Crippen LogP contribution is -1.98. The average Bonchev–Trinajstić information content (AvgIpc) is 2.98. The number of anilines is 1. The Morgan fingerprint density at radius 1 is 1.39 bits per heavy atom. The maximum Gasteiger partial charge on any atom is 0.170 e. The largest absolute Gasteiger partial charge is 0.372 e. The molecule has 0 radical (unpaired) electrons. The van der Waals surface area contributed by atoms with Gasteiger partial charge in [-0.15, -0.1) is 11.3 Å². The number of nitrogens with zero attached hydrogens (tertiary/aromatic N) is 4. The summed E-state index contributed by atoms with van der Waals surface area (Å²) in [5.41, 5.74) is 1.89. The third-order valence-corrected chi connectivity index (χ3v) is 4.41. The SMILES string of the molecule is CNc1cn2ccnc2c(Sc2nc(C)cs2)n1. The monoisotopic (exact) mass is 277 g/mol. The first-order chi connectivity index (χ1) is 8.76. The Hall–Kier alpha value is -1.60. The topological polar surface area (TPSA) is 55.1 Å². The second kappa shape index (κ2) is 4.58. The van der Waals surface area contributed by atoms with E-state index in [1.807, 2.05) is 36.1 Å². The summed E-state index contributed by atoms with van der Waals surface area (Å²) in [6, 6.07) is 0. The molecule has 3 aromatic rings. The summed E-state index contributed by atoms with van der Waals surface area (Å²) in [6.07, 6.45) is 5.60. The number of aryl methyl sites for hydroxylation is 1. The van der Waals surface area contributed by atoms with Crippen LogP contribution in [0.15, 0.2) is 33.3 Å². The van der Waals surface area contributed by atoms with Crippen molar-refractivity contribution in [3.8, 4) is 0 Å². The molecule has 0 spiro atoms. The van der Waals surface area contributed by atoms with Crippen molar-refractivity contribution in [1.82, 2.24) is 19.4 Å². The predicted molar refractivity (Wildman–Crippen MR) is 73.5 cm³/mol. The number of fused-ring (bicyclic) bond motifs is 1. The highest BCUT2D eigenvalue weighted by atomic mass is 32.2. The Balaban J connectivity index is 2.06. The zero-order valence-electron chi connectivity index (χ0n) is 9.91. The van der Waals surface area contributed by atoms with Crippen LogP contribution in [0.1, 0.15) is 5.69 Å². The van der Waals surface area contributed by atoms with Gasteiger partial charge in [0.25, 0.3) is 0 Å². The minimum atomic E-state index is 0.816. The van der Waals surface area contributed by atoms with Crippen LogP contribution in [0, 0.1) is 6.92 Å². The van der Waals surface area contributed by atoms with Gasteiger partial charge in [0.2, 0.25) is 0 Å². The van der Waals surface area contributed by atoms with Crippen LogP contribution < -0.4 is 5.32 Å². The van der Waals surface area contributed by atoms with Crippen molar-refractivity contribution in [1.29, 1.82) is 0 Å². The second-order valence-electron chi connectivity index (χ2n) is 3.70. The third kappa shape index (κ3) is 2.06. The summed E-state index contributed by atoms with van der Waals surface area (Å²) in [5.74, 6) is 0.816. The summed E-state index contributed by atoms with van der Waals surface area (Å²) in [5, 5.41) is 5.95. The Kier molecular flexibility index (Phi) is 2.92. The first-order valence-corrected chi connectivity index (χ1v) is 7.07. The number of hydrogen-bond donors (Lipinski definition) is 1. The van der Waals surface area contributed by atoms with Crippen LogP contribution in [0.2, 0.25) is 0 Å². The van der Waals surface area contributed by atoms with Crippen molar-refractivity contribution in [2.24, 2.45) is 0 Å². The molecule has 1 N–H and O–H groups in total. The summed E-state index contributed by atoms with van der Waals surface area (Å²) >= 11 is 3.17. The molecular formula is C11H11N5S2. The molecule has 0 bridgehead atoms. The van der Waals surface area contributed by atoms with Crippen molar-refractivity contribution >= 4 is 34.6 Å². The van der Waals surface area contributed by atoms with E-state index in [1.165, 1.54) is 0 Å². The summed E-state index contributed by atoms with van der Waals surface area (Å²) in [6.45, 7) is 1.99. The standard InChI is InChI=1S/C11H11N5S2/c1-7-6-17-11(14-7)18-10-9-13-3-4-16(9)5-8(12-2)15-10/h3-6,12H,1-2H3. The molecule has 3 rings (SSSR count). The molecule has 0 atom stereocenters. The van der Waals surface area contributed by atoms with Crippen molar-refractivity contribution in [2.75, 3.05) is 12.4 Å². The molecule has 0 saturated heterocycles. The van der Waals surface area contributed by atoms with E-state index in [9.17, 15) is 0 Å². The number of aromatic nitrogens is 4. The van der Waals surface area contributed by atoms with Gasteiger partial charge < -0.3 is 9.72 Å². The lowest BCUT2D eigenvalue weighted by Gasteiger charge is -2.04. The van der Waals surface area contributed by atoms with Gasteiger partial charge in [-0.1, -0.05) is 0 Å². The second-order valence-corrected chi connectivity index (χ2v) is 5.79. The van der Waals surface area contributed by atoms with Gasteiger partial charge in [-0.2, -0.15) is 0 Å². The number of nitrogens with one attached hydrogen (secondary N) is 1. The Morgan fingerprint density at radius 3 is 3.00 bits per heavy atom. The number of hydrogen-bond acceptors (Lipinski definition) is 6. The summed E-state index contributed by atoms with van der Waals surface area (Å²) in [4.78, 5) is 13.3. The van der Waals surface area contributed by atoms with Crippen molar-refractivity contribution < 1.29 is 0 Å². The van der Waals surface area contributed by atoms with E-state index in [-0.39, 0.29) is 0 Å². The van der Waals surface area contributed by atoms with Gasteiger partial charge in [0.1, 0.15) is 10.8 Å². The van der Waals surface area contributed by atoms with E-state index in [0.29, 0.717) is 0 Å². The molecule has 18 heavy (non-hydrogen) atoms. The smallest absolute Gasteiger partial charge is 0.170 e. The Bertz CT molecular complexity index is 688.